The molecule has 4 heterocycles. The first-order chi connectivity index (χ1) is 18.8. The monoisotopic (exact) mass is 559 g/mol. The number of imide groups is 1. The van der Waals surface area contributed by atoms with Gasteiger partial charge < -0.3 is 14.2 Å². The number of alkyl halides is 2. The molecule has 40 heavy (non-hydrogen) atoms. The highest BCUT2D eigenvalue weighted by molar-refractivity contribution is 6.09. The highest BCUT2D eigenvalue weighted by Crippen LogP contribution is 2.42. The zero-order valence-corrected chi connectivity index (χ0v) is 23.7. The Hall–Kier alpha value is -3.21. The van der Waals surface area contributed by atoms with E-state index in [0.29, 0.717) is 49.5 Å². The van der Waals surface area contributed by atoms with E-state index in [9.17, 15) is 14.4 Å². The van der Waals surface area contributed by atoms with Crippen LogP contribution in [0.15, 0.2) is 24.3 Å². The van der Waals surface area contributed by atoms with Crippen molar-refractivity contribution in [1.82, 2.24) is 19.7 Å². The van der Waals surface area contributed by atoms with E-state index in [-0.39, 0.29) is 37.4 Å². The van der Waals surface area contributed by atoms with E-state index in [2.05, 4.69) is 5.32 Å². The van der Waals surface area contributed by atoms with Crippen molar-refractivity contribution < 1.29 is 27.9 Å². The molecule has 1 aromatic heterocycles. The maximum absolute atomic E-state index is 15.8. The predicted octanol–water partition coefficient (Wildman–Crippen LogP) is 4.93. The van der Waals surface area contributed by atoms with E-state index < -0.39 is 23.6 Å². The van der Waals surface area contributed by atoms with E-state index in [4.69, 9.17) is 4.74 Å². The van der Waals surface area contributed by atoms with E-state index in [0.717, 1.165) is 18.2 Å². The van der Waals surface area contributed by atoms with Gasteiger partial charge in [0.05, 0.1) is 17.7 Å². The van der Waals surface area contributed by atoms with Gasteiger partial charge in [-0.05, 0) is 71.1 Å². The molecule has 11 heteroatoms. The van der Waals surface area contributed by atoms with Crippen molar-refractivity contribution in [3.05, 3.63) is 30.0 Å². The summed E-state index contributed by atoms with van der Waals surface area (Å²) in [6.45, 7) is 9.57. The van der Waals surface area contributed by atoms with Crippen LogP contribution in [0.3, 0.4) is 0 Å². The number of hydrogen-bond acceptors (Lipinski definition) is 5. The molecule has 4 amide bonds. The molecule has 5 rings (SSSR count). The van der Waals surface area contributed by atoms with Crippen molar-refractivity contribution in [3.8, 4) is 0 Å². The predicted molar refractivity (Wildman–Crippen MR) is 148 cm³/mol. The van der Waals surface area contributed by atoms with Crippen molar-refractivity contribution in [2.45, 2.75) is 70.9 Å². The molecule has 1 aromatic carbocycles. The smallest absolute Gasteiger partial charge is 0.410 e. The third-order valence-electron chi connectivity index (χ3n) is 8.13. The second kappa shape index (κ2) is 10.6. The van der Waals surface area contributed by atoms with E-state index in [1.807, 2.05) is 44.7 Å². The Morgan fingerprint density at radius 1 is 1.10 bits per heavy atom. The number of likely N-dealkylation sites (tertiary alicyclic amines) is 2. The van der Waals surface area contributed by atoms with E-state index in [1.165, 1.54) is 4.90 Å². The Bertz CT molecular complexity index is 1300. The summed E-state index contributed by atoms with van der Waals surface area (Å²) in [6, 6.07) is 5.74. The molecule has 0 saturated carbocycles. The number of ether oxygens (including phenoxy) is 1. The van der Waals surface area contributed by atoms with Gasteiger partial charge in [-0.2, -0.15) is 0 Å². The number of benzene rings is 1. The molecule has 0 radical (unpaired) electrons. The first kappa shape index (κ1) is 28.3. The summed E-state index contributed by atoms with van der Waals surface area (Å²) in [7, 11) is 0. The minimum atomic E-state index is -2.95. The Labute approximate surface area is 233 Å². The lowest BCUT2D eigenvalue weighted by atomic mass is 9.93. The van der Waals surface area contributed by atoms with Gasteiger partial charge in [-0.15, -0.1) is 0 Å². The minimum absolute atomic E-state index is 0.193. The average molecular weight is 560 g/mol. The topological polar surface area (TPSA) is 87.1 Å². The summed E-state index contributed by atoms with van der Waals surface area (Å²) in [6.07, 6.45) is 1.72. The number of aryl methyl sites for hydroxylation is 1. The molecular weight excluding hydrogens is 520 g/mol. The number of fused-ring (bicyclic) bond motifs is 1. The number of nitrogens with zero attached hydrogens (tertiary/aromatic N) is 4. The van der Waals surface area contributed by atoms with Gasteiger partial charge in [0.15, 0.2) is 0 Å². The van der Waals surface area contributed by atoms with Crippen LogP contribution >= 0.6 is 0 Å². The summed E-state index contributed by atoms with van der Waals surface area (Å²) in [4.78, 5) is 41.5. The minimum Gasteiger partial charge on any atom is -0.444 e. The number of amides is 4. The number of carbonyl (C=O) groups is 3. The normalized spacial score (nSPS) is 23.0. The lowest BCUT2D eigenvalue weighted by Crippen LogP contribution is -2.51. The second-order valence-corrected chi connectivity index (χ2v) is 12.3. The molecule has 0 spiro atoms. The number of hydrogen-bond donors (Lipinski definition) is 1. The molecule has 0 aliphatic carbocycles. The number of rotatable bonds is 4. The van der Waals surface area contributed by atoms with Crippen molar-refractivity contribution in [2.75, 3.05) is 44.2 Å². The van der Waals surface area contributed by atoms with Gasteiger partial charge in [0.2, 0.25) is 5.91 Å². The summed E-state index contributed by atoms with van der Waals surface area (Å²) < 4.78 is 38.8. The standard InChI is InChI=1S/C29H39F2N5O4/c1-19-16-21-22(35-15-11-25(37)32-26(35)38)6-5-7-23(21)36(19)24-10-12-33(18-29(24,30)31)17-20-8-13-34(14-9-20)27(39)40-28(2,3)4/h5-7,16,20,24H,8-15,17-18H2,1-4H3,(H,32,37,38). The lowest BCUT2D eigenvalue weighted by molar-refractivity contribution is -0.120. The fraction of sp³-hybridized carbons (Fsp3) is 0.621. The van der Waals surface area contributed by atoms with Gasteiger partial charge in [0.25, 0.3) is 5.92 Å². The molecule has 3 saturated heterocycles. The molecule has 3 aliphatic rings. The molecular formula is C29H39F2N5O4. The Balaban J connectivity index is 1.26. The largest absolute Gasteiger partial charge is 0.444 e. The van der Waals surface area contributed by atoms with Gasteiger partial charge in [-0.25, -0.2) is 18.4 Å². The Morgan fingerprint density at radius 3 is 2.48 bits per heavy atom. The van der Waals surface area contributed by atoms with Gasteiger partial charge >= 0.3 is 12.1 Å². The number of piperidine rings is 2. The van der Waals surface area contributed by atoms with Crippen LogP contribution in [-0.4, -0.2) is 83.2 Å². The summed E-state index contributed by atoms with van der Waals surface area (Å²) >= 11 is 0. The van der Waals surface area contributed by atoms with Crippen LogP contribution < -0.4 is 10.2 Å². The molecule has 218 valence electrons. The maximum atomic E-state index is 15.8. The fourth-order valence-electron chi connectivity index (χ4n) is 6.27. The summed E-state index contributed by atoms with van der Waals surface area (Å²) in [5, 5.41) is 3.06. The maximum Gasteiger partial charge on any atom is 0.410 e. The SMILES string of the molecule is Cc1cc2c(N3CCC(=O)NC3=O)cccc2n1C1CCN(CC2CCN(C(=O)OC(C)(C)C)CC2)CC1(F)F. The van der Waals surface area contributed by atoms with E-state index >= 15 is 8.78 Å². The van der Waals surface area contributed by atoms with Crippen LogP contribution in [0.5, 0.6) is 0 Å². The zero-order valence-electron chi connectivity index (χ0n) is 23.7. The first-order valence-electron chi connectivity index (χ1n) is 14.1. The Morgan fingerprint density at radius 2 is 1.82 bits per heavy atom. The summed E-state index contributed by atoms with van der Waals surface area (Å²) in [5.41, 5.74) is 1.44. The molecule has 0 bridgehead atoms. The zero-order chi connectivity index (χ0) is 28.8. The molecule has 1 atom stereocenters. The van der Waals surface area contributed by atoms with Gasteiger partial charge in [-0.3, -0.25) is 19.9 Å². The van der Waals surface area contributed by atoms with Crippen molar-refractivity contribution >= 4 is 34.6 Å². The van der Waals surface area contributed by atoms with Crippen molar-refractivity contribution in [2.24, 2.45) is 5.92 Å². The molecule has 3 aliphatic heterocycles. The molecule has 9 nitrogen and oxygen atoms in total. The van der Waals surface area contributed by atoms with Crippen LogP contribution in [-0.2, 0) is 9.53 Å². The highest BCUT2D eigenvalue weighted by atomic mass is 19.3. The third-order valence-corrected chi connectivity index (χ3v) is 8.13. The number of aromatic nitrogens is 1. The molecule has 1 N–H and O–H groups in total. The molecule has 3 fully saturated rings. The number of carbonyl (C=O) groups excluding carboxylic acids is 3. The van der Waals surface area contributed by atoms with Crippen LogP contribution in [0, 0.1) is 12.8 Å². The van der Waals surface area contributed by atoms with Crippen LogP contribution in [0.1, 0.15) is 58.2 Å². The van der Waals surface area contributed by atoms with Gasteiger partial charge in [-0.1, -0.05) is 6.07 Å². The first-order valence-corrected chi connectivity index (χ1v) is 14.1. The van der Waals surface area contributed by atoms with Crippen LogP contribution in [0.2, 0.25) is 0 Å². The second-order valence-electron chi connectivity index (χ2n) is 12.3. The number of urea groups is 1. The number of anilines is 1. The van der Waals surface area contributed by atoms with Crippen LogP contribution in [0.25, 0.3) is 10.9 Å². The van der Waals surface area contributed by atoms with E-state index in [1.54, 1.807) is 21.6 Å². The summed E-state index contributed by atoms with van der Waals surface area (Å²) in [5.74, 6) is -3.01. The Kier molecular flexibility index (Phi) is 7.54. The quantitative estimate of drug-likeness (QED) is 0.575. The van der Waals surface area contributed by atoms with Gasteiger partial charge in [0.1, 0.15) is 11.6 Å². The molecule has 1 unspecified atom stereocenters. The fourth-order valence-corrected chi connectivity index (χ4v) is 6.27. The average Bonchev–Trinajstić information content (AvgIpc) is 3.19. The van der Waals surface area contributed by atoms with Gasteiger partial charge in [0, 0.05) is 50.2 Å². The van der Waals surface area contributed by atoms with Crippen molar-refractivity contribution in [1.29, 1.82) is 0 Å². The van der Waals surface area contributed by atoms with Crippen molar-refractivity contribution in [3.63, 3.8) is 0 Å². The number of nitrogens with one attached hydrogen (secondary N) is 1. The molecule has 2 aromatic rings. The lowest BCUT2D eigenvalue weighted by Gasteiger charge is -2.42. The number of halogens is 2. The van der Waals surface area contributed by atoms with Crippen LogP contribution in [0.4, 0.5) is 24.1 Å². The highest BCUT2D eigenvalue weighted by Gasteiger charge is 2.47. The third kappa shape index (κ3) is 5.80.